The quantitative estimate of drug-likeness (QED) is 0.852. The van der Waals surface area contributed by atoms with Crippen LogP contribution in [0.3, 0.4) is 0 Å². The van der Waals surface area contributed by atoms with Crippen LogP contribution in [0.15, 0.2) is 35.4 Å². The summed E-state index contributed by atoms with van der Waals surface area (Å²) < 4.78 is 29.3. The third kappa shape index (κ3) is 3.16. The molecule has 1 fully saturated rings. The SMILES string of the molecule is Cc1c(Cl)cccc1S(=O)(=O)N1CCC[C@@H](c2ccn(C)n2)C1. The minimum absolute atomic E-state index is 0.138. The van der Waals surface area contributed by atoms with Gasteiger partial charge in [0.2, 0.25) is 10.0 Å². The molecule has 0 bridgehead atoms. The van der Waals surface area contributed by atoms with E-state index >= 15 is 0 Å². The molecule has 1 aliphatic rings. The fourth-order valence-corrected chi connectivity index (χ4v) is 5.06. The fourth-order valence-electron chi connectivity index (χ4n) is 3.06. The van der Waals surface area contributed by atoms with Gasteiger partial charge >= 0.3 is 0 Å². The van der Waals surface area contributed by atoms with Crippen LogP contribution < -0.4 is 0 Å². The van der Waals surface area contributed by atoms with Crippen LogP contribution in [0.2, 0.25) is 5.02 Å². The van der Waals surface area contributed by atoms with Crippen molar-refractivity contribution in [3.05, 3.63) is 46.7 Å². The van der Waals surface area contributed by atoms with Crippen LogP contribution in [0.5, 0.6) is 0 Å². The second-order valence-electron chi connectivity index (χ2n) is 5.98. The van der Waals surface area contributed by atoms with Gasteiger partial charge < -0.3 is 0 Å². The summed E-state index contributed by atoms with van der Waals surface area (Å²) in [5.41, 5.74) is 1.56. The lowest BCUT2D eigenvalue weighted by molar-refractivity contribution is 0.311. The zero-order valence-electron chi connectivity index (χ0n) is 13.2. The number of rotatable bonds is 3. The summed E-state index contributed by atoms with van der Waals surface area (Å²) in [6.07, 6.45) is 3.68. The van der Waals surface area contributed by atoms with Gasteiger partial charge in [0.25, 0.3) is 0 Å². The van der Waals surface area contributed by atoms with Gasteiger partial charge in [-0.15, -0.1) is 0 Å². The first-order valence-corrected chi connectivity index (χ1v) is 9.46. The molecule has 2 aromatic rings. The van der Waals surface area contributed by atoms with E-state index in [2.05, 4.69) is 5.10 Å². The summed E-state index contributed by atoms with van der Waals surface area (Å²) in [4.78, 5) is 0.298. The molecule has 2 heterocycles. The number of hydrogen-bond donors (Lipinski definition) is 0. The molecule has 23 heavy (non-hydrogen) atoms. The van der Waals surface area contributed by atoms with Crippen molar-refractivity contribution in [1.29, 1.82) is 0 Å². The van der Waals surface area contributed by atoms with E-state index in [1.165, 1.54) is 0 Å². The molecular formula is C16H20ClN3O2S. The standard InChI is InChI=1S/C16H20ClN3O2S/c1-12-14(17)6-3-7-16(12)23(21,22)20-9-4-5-13(11-20)15-8-10-19(2)18-15/h3,6-8,10,13H,4-5,9,11H2,1-2H3/t13-/m1/s1. The van der Waals surface area contributed by atoms with Crippen molar-refractivity contribution >= 4 is 21.6 Å². The van der Waals surface area contributed by atoms with Crippen molar-refractivity contribution in [2.45, 2.75) is 30.6 Å². The second-order valence-corrected chi connectivity index (χ2v) is 8.29. The van der Waals surface area contributed by atoms with Crippen LogP contribution in [-0.2, 0) is 17.1 Å². The van der Waals surface area contributed by atoms with E-state index in [0.29, 0.717) is 28.6 Å². The monoisotopic (exact) mass is 353 g/mol. The van der Waals surface area contributed by atoms with E-state index in [9.17, 15) is 8.42 Å². The lowest BCUT2D eigenvalue weighted by Crippen LogP contribution is -2.39. The van der Waals surface area contributed by atoms with E-state index in [4.69, 9.17) is 11.6 Å². The van der Waals surface area contributed by atoms with E-state index in [1.807, 2.05) is 19.3 Å². The Morgan fingerprint density at radius 3 is 2.78 bits per heavy atom. The number of benzene rings is 1. The van der Waals surface area contributed by atoms with Crippen molar-refractivity contribution < 1.29 is 8.42 Å². The molecule has 1 aromatic carbocycles. The van der Waals surface area contributed by atoms with E-state index in [0.717, 1.165) is 18.5 Å². The number of halogens is 1. The van der Waals surface area contributed by atoms with Crippen molar-refractivity contribution in [2.24, 2.45) is 7.05 Å². The van der Waals surface area contributed by atoms with Gasteiger partial charge in [-0.05, 0) is 43.5 Å². The molecule has 0 N–H and O–H groups in total. The number of aryl methyl sites for hydroxylation is 1. The molecule has 5 nitrogen and oxygen atoms in total. The molecule has 1 aromatic heterocycles. The summed E-state index contributed by atoms with van der Waals surface area (Å²) in [7, 11) is -1.66. The molecule has 0 aliphatic carbocycles. The van der Waals surface area contributed by atoms with Gasteiger partial charge in [0, 0.05) is 37.3 Å². The maximum absolute atomic E-state index is 13.0. The predicted octanol–water partition coefficient (Wildman–Crippen LogP) is 2.95. The van der Waals surface area contributed by atoms with Crippen LogP contribution in [0.25, 0.3) is 0 Å². The smallest absolute Gasteiger partial charge is 0.243 e. The molecule has 0 unspecified atom stereocenters. The number of piperidine rings is 1. The highest BCUT2D eigenvalue weighted by atomic mass is 35.5. The number of sulfonamides is 1. The largest absolute Gasteiger partial charge is 0.276 e. The summed E-state index contributed by atoms with van der Waals surface area (Å²) in [6, 6.07) is 6.98. The van der Waals surface area contributed by atoms with Crippen LogP contribution in [0, 0.1) is 6.92 Å². The zero-order valence-corrected chi connectivity index (χ0v) is 14.8. The number of nitrogens with zero attached hydrogens (tertiary/aromatic N) is 3. The van der Waals surface area contributed by atoms with E-state index < -0.39 is 10.0 Å². The van der Waals surface area contributed by atoms with Crippen LogP contribution in [0.1, 0.15) is 30.0 Å². The molecular weight excluding hydrogens is 334 g/mol. The molecule has 1 saturated heterocycles. The van der Waals surface area contributed by atoms with Gasteiger partial charge in [-0.3, -0.25) is 4.68 Å². The number of hydrogen-bond acceptors (Lipinski definition) is 3. The molecule has 7 heteroatoms. The molecule has 0 radical (unpaired) electrons. The maximum atomic E-state index is 13.0. The maximum Gasteiger partial charge on any atom is 0.243 e. The second kappa shape index (κ2) is 6.26. The van der Waals surface area contributed by atoms with Crippen LogP contribution >= 0.6 is 11.6 Å². The van der Waals surface area contributed by atoms with Gasteiger partial charge in [0.05, 0.1) is 10.6 Å². The fraction of sp³-hybridized carbons (Fsp3) is 0.438. The minimum atomic E-state index is -3.54. The van der Waals surface area contributed by atoms with Gasteiger partial charge in [-0.1, -0.05) is 17.7 Å². The summed E-state index contributed by atoms with van der Waals surface area (Å²) in [5.74, 6) is 0.138. The first kappa shape index (κ1) is 16.5. The van der Waals surface area contributed by atoms with Crippen molar-refractivity contribution in [2.75, 3.05) is 13.1 Å². The predicted molar refractivity (Wildman–Crippen MR) is 90.1 cm³/mol. The molecule has 0 amide bonds. The van der Waals surface area contributed by atoms with E-state index in [-0.39, 0.29) is 5.92 Å². The minimum Gasteiger partial charge on any atom is -0.276 e. The molecule has 124 valence electrons. The summed E-state index contributed by atoms with van der Waals surface area (Å²) >= 11 is 6.09. The highest BCUT2D eigenvalue weighted by Crippen LogP contribution is 2.31. The van der Waals surface area contributed by atoms with Crippen molar-refractivity contribution in [3.8, 4) is 0 Å². The Balaban J connectivity index is 1.89. The average Bonchev–Trinajstić information content (AvgIpc) is 2.96. The van der Waals surface area contributed by atoms with Gasteiger partial charge in [0.1, 0.15) is 0 Å². The number of aromatic nitrogens is 2. The first-order valence-electron chi connectivity index (χ1n) is 7.64. The van der Waals surface area contributed by atoms with E-state index in [1.54, 1.807) is 34.1 Å². The lowest BCUT2D eigenvalue weighted by atomic mass is 9.96. The molecule has 1 atom stereocenters. The molecule has 1 aliphatic heterocycles. The van der Waals surface area contributed by atoms with Gasteiger partial charge in [-0.25, -0.2) is 8.42 Å². The Morgan fingerprint density at radius 2 is 2.09 bits per heavy atom. The Labute approximate surface area is 141 Å². The van der Waals surface area contributed by atoms with Crippen LogP contribution in [0.4, 0.5) is 0 Å². The third-order valence-electron chi connectivity index (χ3n) is 4.37. The lowest BCUT2D eigenvalue weighted by Gasteiger charge is -2.31. The zero-order chi connectivity index (χ0) is 16.6. The van der Waals surface area contributed by atoms with Crippen molar-refractivity contribution in [1.82, 2.24) is 14.1 Å². The molecule has 0 spiro atoms. The summed E-state index contributed by atoms with van der Waals surface area (Å²) in [5, 5.41) is 4.91. The molecule has 3 rings (SSSR count). The average molecular weight is 354 g/mol. The highest BCUT2D eigenvalue weighted by Gasteiger charge is 2.32. The van der Waals surface area contributed by atoms with Gasteiger partial charge in [0.15, 0.2) is 0 Å². The Hall–Kier alpha value is -1.37. The Kier molecular flexibility index (Phi) is 4.49. The third-order valence-corrected chi connectivity index (χ3v) is 6.79. The Bertz CT molecular complexity index is 816. The topological polar surface area (TPSA) is 55.2 Å². The Morgan fingerprint density at radius 1 is 1.30 bits per heavy atom. The molecule has 0 saturated carbocycles. The highest BCUT2D eigenvalue weighted by molar-refractivity contribution is 7.89. The van der Waals surface area contributed by atoms with Crippen molar-refractivity contribution in [3.63, 3.8) is 0 Å². The first-order chi connectivity index (χ1) is 10.9. The van der Waals surface area contributed by atoms with Crippen LogP contribution in [-0.4, -0.2) is 35.6 Å². The van der Waals surface area contributed by atoms with Gasteiger partial charge in [-0.2, -0.15) is 9.40 Å². The normalized spacial score (nSPS) is 19.9. The summed E-state index contributed by atoms with van der Waals surface area (Å²) in [6.45, 7) is 2.75.